The van der Waals surface area contributed by atoms with E-state index in [0.717, 1.165) is 25.3 Å². The highest BCUT2D eigenvalue weighted by molar-refractivity contribution is 5.21. The molecule has 1 aromatic heterocycles. The minimum Gasteiger partial charge on any atom is -0.311 e. The summed E-state index contributed by atoms with van der Waals surface area (Å²) in [6.07, 6.45) is 9.81. The summed E-state index contributed by atoms with van der Waals surface area (Å²) in [5, 5.41) is 3.38. The Balaban J connectivity index is 1.84. The Bertz CT molecular complexity index is 369. The highest BCUT2D eigenvalue weighted by Crippen LogP contribution is 2.30. The summed E-state index contributed by atoms with van der Waals surface area (Å²) < 4.78 is 0. The van der Waals surface area contributed by atoms with E-state index in [4.69, 9.17) is 4.98 Å². The monoisotopic (exact) mass is 217 g/mol. The second-order valence-electron chi connectivity index (χ2n) is 4.96. The molecule has 1 aliphatic heterocycles. The highest BCUT2D eigenvalue weighted by atomic mass is 15.0. The molecule has 0 unspecified atom stereocenters. The molecule has 86 valence electrons. The Morgan fingerprint density at radius 3 is 2.94 bits per heavy atom. The third-order valence-corrected chi connectivity index (χ3v) is 3.81. The van der Waals surface area contributed by atoms with Gasteiger partial charge in [0.1, 0.15) is 5.82 Å². The molecule has 1 aliphatic carbocycles. The second kappa shape index (κ2) is 4.50. The van der Waals surface area contributed by atoms with E-state index < -0.39 is 0 Å². The predicted molar refractivity (Wildman–Crippen MR) is 63.3 cm³/mol. The van der Waals surface area contributed by atoms with Crippen LogP contribution in [-0.2, 0) is 13.0 Å². The van der Waals surface area contributed by atoms with Crippen molar-refractivity contribution < 1.29 is 0 Å². The van der Waals surface area contributed by atoms with Crippen LogP contribution >= 0.6 is 0 Å². The average Bonchev–Trinajstić information content (AvgIpc) is 2.39. The molecule has 0 spiro atoms. The minimum atomic E-state index is 0.626. The van der Waals surface area contributed by atoms with Crippen LogP contribution in [0.3, 0.4) is 0 Å². The van der Waals surface area contributed by atoms with E-state index in [9.17, 15) is 0 Å². The Labute approximate surface area is 96.7 Å². The van der Waals surface area contributed by atoms with Crippen LogP contribution in [0.5, 0.6) is 0 Å². The van der Waals surface area contributed by atoms with Gasteiger partial charge in [-0.3, -0.25) is 0 Å². The van der Waals surface area contributed by atoms with Crippen molar-refractivity contribution in [2.24, 2.45) is 0 Å². The van der Waals surface area contributed by atoms with Crippen LogP contribution < -0.4 is 5.32 Å². The SMILES string of the molecule is c1nc(C2CCCCC2)nc2c1CCNC2. The first kappa shape index (κ1) is 10.2. The van der Waals surface area contributed by atoms with Gasteiger partial charge in [0, 0.05) is 18.7 Å². The molecular formula is C13H19N3. The van der Waals surface area contributed by atoms with Gasteiger partial charge in [0.05, 0.1) is 5.69 Å². The molecule has 2 aliphatic rings. The van der Waals surface area contributed by atoms with E-state index in [1.807, 2.05) is 0 Å². The van der Waals surface area contributed by atoms with Gasteiger partial charge < -0.3 is 5.32 Å². The Morgan fingerprint density at radius 1 is 1.19 bits per heavy atom. The normalized spacial score (nSPS) is 21.8. The molecule has 0 bridgehead atoms. The van der Waals surface area contributed by atoms with Crippen LogP contribution in [-0.4, -0.2) is 16.5 Å². The average molecular weight is 217 g/mol. The molecule has 1 saturated carbocycles. The summed E-state index contributed by atoms with van der Waals surface area (Å²) in [6.45, 7) is 2.00. The summed E-state index contributed by atoms with van der Waals surface area (Å²) in [4.78, 5) is 9.34. The van der Waals surface area contributed by atoms with E-state index in [1.54, 1.807) is 0 Å². The molecule has 0 aromatic carbocycles. The zero-order valence-electron chi connectivity index (χ0n) is 9.71. The molecule has 0 atom stereocenters. The first-order valence-electron chi connectivity index (χ1n) is 6.49. The number of hydrogen-bond donors (Lipinski definition) is 1. The maximum atomic E-state index is 4.76. The fourth-order valence-electron chi connectivity index (χ4n) is 2.81. The number of rotatable bonds is 1. The quantitative estimate of drug-likeness (QED) is 0.783. The zero-order chi connectivity index (χ0) is 10.8. The van der Waals surface area contributed by atoms with E-state index in [0.29, 0.717) is 5.92 Å². The fourth-order valence-corrected chi connectivity index (χ4v) is 2.81. The fraction of sp³-hybridized carbons (Fsp3) is 0.692. The van der Waals surface area contributed by atoms with Crippen LogP contribution in [0.2, 0.25) is 0 Å². The van der Waals surface area contributed by atoms with Crippen LogP contribution in [0, 0.1) is 0 Å². The highest BCUT2D eigenvalue weighted by Gasteiger charge is 2.20. The first-order valence-corrected chi connectivity index (χ1v) is 6.49. The first-order chi connectivity index (χ1) is 7.93. The molecular weight excluding hydrogens is 198 g/mol. The molecule has 0 radical (unpaired) electrons. The maximum Gasteiger partial charge on any atom is 0.131 e. The lowest BCUT2D eigenvalue weighted by molar-refractivity contribution is 0.426. The molecule has 16 heavy (non-hydrogen) atoms. The number of nitrogens with one attached hydrogen (secondary N) is 1. The lowest BCUT2D eigenvalue weighted by Gasteiger charge is -2.22. The van der Waals surface area contributed by atoms with Crippen molar-refractivity contribution in [3.05, 3.63) is 23.3 Å². The van der Waals surface area contributed by atoms with Crippen LogP contribution in [0.1, 0.15) is 55.1 Å². The van der Waals surface area contributed by atoms with E-state index >= 15 is 0 Å². The number of hydrogen-bond acceptors (Lipinski definition) is 3. The maximum absolute atomic E-state index is 4.76. The van der Waals surface area contributed by atoms with Crippen molar-refractivity contribution in [3.8, 4) is 0 Å². The molecule has 0 amide bonds. The molecule has 1 N–H and O–H groups in total. The van der Waals surface area contributed by atoms with Crippen molar-refractivity contribution in [1.29, 1.82) is 0 Å². The molecule has 0 saturated heterocycles. The topological polar surface area (TPSA) is 37.8 Å². The van der Waals surface area contributed by atoms with Crippen LogP contribution in [0.25, 0.3) is 0 Å². The van der Waals surface area contributed by atoms with E-state index in [2.05, 4.69) is 16.5 Å². The number of nitrogens with zero attached hydrogens (tertiary/aromatic N) is 2. The van der Waals surface area contributed by atoms with Gasteiger partial charge in [-0.15, -0.1) is 0 Å². The summed E-state index contributed by atoms with van der Waals surface area (Å²) in [5.74, 6) is 1.73. The molecule has 2 heterocycles. The largest absolute Gasteiger partial charge is 0.311 e. The van der Waals surface area contributed by atoms with Gasteiger partial charge in [-0.25, -0.2) is 9.97 Å². The molecule has 1 aromatic rings. The minimum absolute atomic E-state index is 0.626. The molecule has 3 nitrogen and oxygen atoms in total. The van der Waals surface area contributed by atoms with Crippen molar-refractivity contribution >= 4 is 0 Å². The standard InChI is InChI=1S/C13H19N3/c1-2-4-10(5-3-1)13-15-8-11-6-7-14-9-12(11)16-13/h8,10,14H,1-7,9H2. The van der Waals surface area contributed by atoms with Gasteiger partial charge in [-0.1, -0.05) is 19.3 Å². The van der Waals surface area contributed by atoms with Gasteiger partial charge in [0.2, 0.25) is 0 Å². The van der Waals surface area contributed by atoms with Gasteiger partial charge in [-0.2, -0.15) is 0 Å². The lowest BCUT2D eigenvalue weighted by atomic mass is 9.88. The Kier molecular flexibility index (Phi) is 2.87. The van der Waals surface area contributed by atoms with Gasteiger partial charge >= 0.3 is 0 Å². The summed E-state index contributed by atoms with van der Waals surface area (Å²) >= 11 is 0. The Morgan fingerprint density at radius 2 is 2.06 bits per heavy atom. The van der Waals surface area contributed by atoms with Crippen molar-refractivity contribution in [1.82, 2.24) is 15.3 Å². The molecule has 1 fully saturated rings. The smallest absolute Gasteiger partial charge is 0.131 e. The third-order valence-electron chi connectivity index (χ3n) is 3.81. The van der Waals surface area contributed by atoms with Crippen LogP contribution in [0.4, 0.5) is 0 Å². The van der Waals surface area contributed by atoms with E-state index in [-0.39, 0.29) is 0 Å². The number of aromatic nitrogens is 2. The van der Waals surface area contributed by atoms with E-state index in [1.165, 1.54) is 43.4 Å². The predicted octanol–water partition coefficient (Wildman–Crippen LogP) is 2.17. The summed E-state index contributed by atoms with van der Waals surface area (Å²) in [6, 6.07) is 0. The zero-order valence-corrected chi connectivity index (χ0v) is 9.71. The van der Waals surface area contributed by atoms with Gasteiger partial charge in [-0.05, 0) is 31.4 Å². The number of fused-ring (bicyclic) bond motifs is 1. The van der Waals surface area contributed by atoms with Crippen molar-refractivity contribution in [2.75, 3.05) is 6.54 Å². The van der Waals surface area contributed by atoms with Gasteiger partial charge in [0.25, 0.3) is 0 Å². The van der Waals surface area contributed by atoms with Gasteiger partial charge in [0.15, 0.2) is 0 Å². The summed E-state index contributed by atoms with van der Waals surface area (Å²) in [7, 11) is 0. The van der Waals surface area contributed by atoms with Crippen LogP contribution in [0.15, 0.2) is 6.20 Å². The Hall–Kier alpha value is -0.960. The summed E-state index contributed by atoms with van der Waals surface area (Å²) in [5.41, 5.74) is 2.58. The molecule has 3 heteroatoms. The third kappa shape index (κ3) is 1.96. The second-order valence-corrected chi connectivity index (χ2v) is 4.96. The van der Waals surface area contributed by atoms with Crippen molar-refractivity contribution in [3.63, 3.8) is 0 Å². The van der Waals surface area contributed by atoms with Crippen molar-refractivity contribution in [2.45, 2.75) is 51.0 Å². The lowest BCUT2D eigenvalue weighted by Crippen LogP contribution is -2.26. The molecule has 3 rings (SSSR count).